The minimum atomic E-state index is -0.496. The minimum absolute atomic E-state index is 0.241. The van der Waals surface area contributed by atoms with Crippen molar-refractivity contribution in [1.29, 1.82) is 0 Å². The number of hydrogen-bond acceptors (Lipinski definition) is 3. The Morgan fingerprint density at radius 1 is 1.23 bits per heavy atom. The molecule has 2 aliphatic rings. The van der Waals surface area contributed by atoms with E-state index in [-0.39, 0.29) is 6.09 Å². The second kappa shape index (κ2) is 6.41. The van der Waals surface area contributed by atoms with Gasteiger partial charge in [0.1, 0.15) is 5.60 Å². The van der Waals surface area contributed by atoms with E-state index in [1.807, 2.05) is 31.4 Å². The van der Waals surface area contributed by atoms with Gasteiger partial charge in [-0.2, -0.15) is 0 Å². The van der Waals surface area contributed by atoms with Crippen molar-refractivity contribution in [3.05, 3.63) is 35.5 Å². The van der Waals surface area contributed by atoms with Crippen LogP contribution >= 0.6 is 0 Å². The molecule has 1 fully saturated rings. The van der Waals surface area contributed by atoms with E-state index in [1.165, 1.54) is 29.5 Å². The van der Waals surface area contributed by atoms with E-state index in [4.69, 9.17) is 4.74 Å². The van der Waals surface area contributed by atoms with Crippen molar-refractivity contribution < 1.29 is 9.53 Å². The molecule has 3 heterocycles. The summed E-state index contributed by atoms with van der Waals surface area (Å²) >= 11 is 0. The van der Waals surface area contributed by atoms with Gasteiger partial charge in [-0.1, -0.05) is 31.5 Å². The highest BCUT2D eigenvalue weighted by Crippen LogP contribution is 2.43. The molecule has 0 saturated carbocycles. The summed E-state index contributed by atoms with van der Waals surface area (Å²) in [5.74, 6) is 0.784. The van der Waals surface area contributed by atoms with E-state index in [0.717, 1.165) is 37.4 Å². The summed E-state index contributed by atoms with van der Waals surface area (Å²) in [5, 5.41) is 1.21. The molecular weight excluding hydrogens is 324 g/mol. The Hall–Kier alpha value is -1.81. The fourth-order valence-electron chi connectivity index (χ4n) is 4.72. The molecular formula is C22H30N2O2. The van der Waals surface area contributed by atoms with E-state index in [1.54, 1.807) is 0 Å². The number of aromatic nitrogens is 1. The first-order valence-corrected chi connectivity index (χ1v) is 9.98. The molecule has 2 atom stereocenters. The fourth-order valence-corrected chi connectivity index (χ4v) is 4.72. The number of ether oxygens (including phenoxy) is 1. The van der Waals surface area contributed by atoms with Gasteiger partial charge < -0.3 is 4.74 Å². The Labute approximate surface area is 156 Å². The molecule has 4 rings (SSSR count). The van der Waals surface area contributed by atoms with Crippen LogP contribution in [-0.2, 0) is 11.2 Å². The van der Waals surface area contributed by atoms with Gasteiger partial charge in [-0.3, -0.25) is 4.90 Å². The van der Waals surface area contributed by atoms with Crippen molar-refractivity contribution in [2.45, 2.75) is 65.0 Å². The molecule has 0 amide bonds. The van der Waals surface area contributed by atoms with Gasteiger partial charge in [0.25, 0.3) is 0 Å². The van der Waals surface area contributed by atoms with E-state index in [9.17, 15) is 4.79 Å². The molecule has 0 unspecified atom stereocenters. The van der Waals surface area contributed by atoms with Crippen LogP contribution in [0.4, 0.5) is 4.79 Å². The average Bonchev–Trinajstić information content (AvgIpc) is 2.94. The quantitative estimate of drug-likeness (QED) is 0.711. The molecule has 0 spiro atoms. The third-order valence-corrected chi connectivity index (χ3v) is 5.92. The van der Waals surface area contributed by atoms with Crippen LogP contribution in [0, 0.1) is 5.92 Å². The summed E-state index contributed by atoms with van der Waals surface area (Å²) in [6.45, 7) is 10.3. The molecule has 1 aromatic carbocycles. The number of piperidine rings is 1. The van der Waals surface area contributed by atoms with Crippen LogP contribution in [0.25, 0.3) is 10.9 Å². The van der Waals surface area contributed by atoms with Crippen molar-refractivity contribution in [2.75, 3.05) is 13.1 Å². The lowest BCUT2D eigenvalue weighted by molar-refractivity contribution is 0.0502. The molecule has 1 aromatic heterocycles. The van der Waals surface area contributed by atoms with Gasteiger partial charge in [0, 0.05) is 18.5 Å². The standard InChI is InChI=1S/C22H30N2O2/c1-5-15-10-11-19-20-17(12-13-23(19)14-15)16-8-6-7-9-18(16)24(20)21(25)26-22(2,3)4/h6-9,15,19H,5,10-14H2,1-4H3/t15-,19-/m1/s1. The second-order valence-corrected chi connectivity index (χ2v) is 8.81. The van der Waals surface area contributed by atoms with Gasteiger partial charge >= 0.3 is 6.09 Å². The Bertz CT molecular complexity index is 831. The van der Waals surface area contributed by atoms with E-state index in [2.05, 4.69) is 30.0 Å². The van der Waals surface area contributed by atoms with Gasteiger partial charge in [-0.15, -0.1) is 0 Å². The number of carbonyl (C=O) groups is 1. The zero-order valence-electron chi connectivity index (χ0n) is 16.4. The third-order valence-electron chi connectivity index (χ3n) is 5.92. The molecule has 4 nitrogen and oxygen atoms in total. The Morgan fingerprint density at radius 2 is 2.00 bits per heavy atom. The molecule has 0 N–H and O–H groups in total. The van der Waals surface area contributed by atoms with Crippen LogP contribution in [0.3, 0.4) is 0 Å². The molecule has 140 valence electrons. The topological polar surface area (TPSA) is 34.5 Å². The zero-order valence-corrected chi connectivity index (χ0v) is 16.4. The number of para-hydroxylation sites is 1. The normalized spacial score (nSPS) is 23.5. The summed E-state index contributed by atoms with van der Waals surface area (Å²) in [4.78, 5) is 15.7. The van der Waals surface area contributed by atoms with Crippen LogP contribution in [0.1, 0.15) is 64.3 Å². The summed E-state index contributed by atoms with van der Waals surface area (Å²) in [5.41, 5.74) is 3.03. The number of fused-ring (bicyclic) bond motifs is 5. The number of carbonyl (C=O) groups excluding carboxylic acids is 1. The van der Waals surface area contributed by atoms with Crippen LogP contribution in [0.2, 0.25) is 0 Å². The lowest BCUT2D eigenvalue weighted by Gasteiger charge is -2.43. The first-order valence-electron chi connectivity index (χ1n) is 9.98. The maximum atomic E-state index is 13.1. The van der Waals surface area contributed by atoms with Crippen molar-refractivity contribution in [2.24, 2.45) is 5.92 Å². The lowest BCUT2D eigenvalue weighted by atomic mass is 9.85. The first-order chi connectivity index (χ1) is 12.4. The SMILES string of the molecule is CC[C@@H]1CC[C@@H]2c3c(c4ccccc4n3C(=O)OC(C)(C)C)CCN2C1. The molecule has 4 heteroatoms. The summed E-state index contributed by atoms with van der Waals surface area (Å²) in [6.07, 6.45) is 4.38. The van der Waals surface area contributed by atoms with Crippen LogP contribution in [-0.4, -0.2) is 34.3 Å². The highest BCUT2D eigenvalue weighted by Gasteiger charge is 2.38. The summed E-state index contributed by atoms with van der Waals surface area (Å²) in [7, 11) is 0. The smallest absolute Gasteiger partial charge is 0.419 e. The zero-order chi connectivity index (χ0) is 18.5. The van der Waals surface area contributed by atoms with Crippen molar-refractivity contribution in [3.63, 3.8) is 0 Å². The fraction of sp³-hybridized carbons (Fsp3) is 0.591. The van der Waals surface area contributed by atoms with Crippen LogP contribution in [0.15, 0.2) is 24.3 Å². The Kier molecular flexibility index (Phi) is 4.34. The minimum Gasteiger partial charge on any atom is -0.443 e. The van der Waals surface area contributed by atoms with Crippen LogP contribution in [0.5, 0.6) is 0 Å². The molecule has 1 saturated heterocycles. The molecule has 0 bridgehead atoms. The molecule has 0 aliphatic carbocycles. The van der Waals surface area contributed by atoms with Gasteiger partial charge in [-0.05, 0) is 57.6 Å². The van der Waals surface area contributed by atoms with E-state index < -0.39 is 5.60 Å². The Balaban J connectivity index is 1.83. The second-order valence-electron chi connectivity index (χ2n) is 8.81. The monoisotopic (exact) mass is 354 g/mol. The van der Waals surface area contributed by atoms with Crippen LogP contribution < -0.4 is 0 Å². The average molecular weight is 354 g/mol. The number of nitrogens with zero attached hydrogens (tertiary/aromatic N) is 2. The third kappa shape index (κ3) is 2.94. The maximum absolute atomic E-state index is 13.1. The number of rotatable bonds is 1. The van der Waals surface area contributed by atoms with E-state index in [0.29, 0.717) is 6.04 Å². The number of benzene rings is 1. The predicted octanol–water partition coefficient (Wildman–Crippen LogP) is 5.14. The number of hydrogen-bond donors (Lipinski definition) is 0. The maximum Gasteiger partial charge on any atom is 0.419 e. The highest BCUT2D eigenvalue weighted by atomic mass is 16.6. The molecule has 2 aliphatic heterocycles. The van der Waals surface area contributed by atoms with Gasteiger partial charge in [-0.25, -0.2) is 9.36 Å². The summed E-state index contributed by atoms with van der Waals surface area (Å²) < 4.78 is 7.66. The predicted molar refractivity (Wildman–Crippen MR) is 105 cm³/mol. The highest BCUT2D eigenvalue weighted by molar-refractivity contribution is 5.94. The molecule has 0 radical (unpaired) electrons. The van der Waals surface area contributed by atoms with Crippen molar-refractivity contribution in [1.82, 2.24) is 9.47 Å². The van der Waals surface area contributed by atoms with Crippen molar-refractivity contribution in [3.8, 4) is 0 Å². The lowest BCUT2D eigenvalue weighted by Crippen LogP contribution is -2.43. The largest absolute Gasteiger partial charge is 0.443 e. The van der Waals surface area contributed by atoms with Crippen molar-refractivity contribution >= 4 is 17.0 Å². The first kappa shape index (κ1) is 17.6. The summed E-state index contributed by atoms with van der Waals surface area (Å²) in [6, 6.07) is 8.63. The van der Waals surface area contributed by atoms with Gasteiger partial charge in [0.15, 0.2) is 0 Å². The van der Waals surface area contributed by atoms with E-state index >= 15 is 0 Å². The molecule has 26 heavy (non-hydrogen) atoms. The van der Waals surface area contributed by atoms with Gasteiger partial charge in [0.2, 0.25) is 0 Å². The van der Waals surface area contributed by atoms with Gasteiger partial charge in [0.05, 0.1) is 17.3 Å². The molecule has 2 aromatic rings. The Morgan fingerprint density at radius 3 is 2.73 bits per heavy atom.